The Hall–Kier alpha value is -0.160. The van der Waals surface area contributed by atoms with Gasteiger partial charge in [0, 0.05) is 25.7 Å². The van der Waals surface area contributed by atoms with Crippen molar-refractivity contribution in [2.24, 2.45) is 11.7 Å². The minimum absolute atomic E-state index is 0.312. The van der Waals surface area contributed by atoms with Crippen molar-refractivity contribution in [3.8, 4) is 0 Å². The molecule has 0 spiro atoms. The van der Waals surface area contributed by atoms with E-state index < -0.39 is 0 Å². The molecule has 1 aliphatic heterocycles. The molecule has 4 nitrogen and oxygen atoms in total. The SMILES string of the molecule is CCN1CCOC(CN(C)CCC(N)C(C)C)C1. The van der Waals surface area contributed by atoms with Crippen molar-refractivity contribution in [1.29, 1.82) is 0 Å². The fourth-order valence-corrected chi connectivity index (χ4v) is 2.32. The molecule has 18 heavy (non-hydrogen) atoms. The van der Waals surface area contributed by atoms with E-state index in [-0.39, 0.29) is 0 Å². The highest BCUT2D eigenvalue weighted by Gasteiger charge is 2.20. The predicted octanol–water partition coefficient (Wildman–Crippen LogP) is 1.01. The van der Waals surface area contributed by atoms with Gasteiger partial charge < -0.3 is 15.4 Å². The summed E-state index contributed by atoms with van der Waals surface area (Å²) in [6.07, 6.45) is 1.43. The lowest BCUT2D eigenvalue weighted by molar-refractivity contribution is -0.0391. The van der Waals surface area contributed by atoms with E-state index in [0.717, 1.165) is 45.8 Å². The van der Waals surface area contributed by atoms with Gasteiger partial charge in [0.15, 0.2) is 0 Å². The van der Waals surface area contributed by atoms with Gasteiger partial charge in [-0.2, -0.15) is 0 Å². The average molecular weight is 257 g/mol. The van der Waals surface area contributed by atoms with Crippen molar-refractivity contribution in [3.05, 3.63) is 0 Å². The largest absolute Gasteiger partial charge is 0.374 e. The minimum Gasteiger partial charge on any atom is -0.374 e. The van der Waals surface area contributed by atoms with Crippen molar-refractivity contribution in [1.82, 2.24) is 9.80 Å². The topological polar surface area (TPSA) is 41.7 Å². The lowest BCUT2D eigenvalue weighted by Crippen LogP contribution is -2.47. The molecule has 2 N–H and O–H groups in total. The van der Waals surface area contributed by atoms with E-state index in [9.17, 15) is 0 Å². The van der Waals surface area contributed by atoms with E-state index in [1.54, 1.807) is 0 Å². The van der Waals surface area contributed by atoms with E-state index in [2.05, 4.69) is 37.6 Å². The molecule has 1 rings (SSSR count). The maximum Gasteiger partial charge on any atom is 0.0829 e. The first-order chi connectivity index (χ1) is 8.52. The van der Waals surface area contributed by atoms with E-state index in [4.69, 9.17) is 10.5 Å². The smallest absolute Gasteiger partial charge is 0.0829 e. The Kier molecular flexibility index (Phi) is 7.15. The highest BCUT2D eigenvalue weighted by molar-refractivity contribution is 4.74. The van der Waals surface area contributed by atoms with Crippen molar-refractivity contribution < 1.29 is 4.74 Å². The Bertz CT molecular complexity index is 223. The van der Waals surface area contributed by atoms with E-state index in [1.165, 1.54) is 0 Å². The summed E-state index contributed by atoms with van der Waals surface area (Å²) in [6, 6.07) is 0.312. The Morgan fingerprint density at radius 1 is 1.44 bits per heavy atom. The molecule has 0 bridgehead atoms. The van der Waals surface area contributed by atoms with Crippen molar-refractivity contribution in [3.63, 3.8) is 0 Å². The summed E-state index contributed by atoms with van der Waals surface area (Å²) in [5, 5.41) is 0. The van der Waals surface area contributed by atoms with E-state index >= 15 is 0 Å². The van der Waals surface area contributed by atoms with Gasteiger partial charge in [0.2, 0.25) is 0 Å². The maximum atomic E-state index is 6.08. The van der Waals surface area contributed by atoms with Crippen LogP contribution in [0.5, 0.6) is 0 Å². The highest BCUT2D eigenvalue weighted by Crippen LogP contribution is 2.08. The minimum atomic E-state index is 0.312. The summed E-state index contributed by atoms with van der Waals surface area (Å²) in [5.74, 6) is 0.569. The number of likely N-dealkylation sites (N-methyl/N-ethyl adjacent to an activating group) is 2. The Morgan fingerprint density at radius 2 is 2.17 bits per heavy atom. The fourth-order valence-electron chi connectivity index (χ4n) is 2.32. The van der Waals surface area contributed by atoms with Crippen LogP contribution in [0.1, 0.15) is 27.2 Å². The third kappa shape index (κ3) is 5.65. The van der Waals surface area contributed by atoms with Gasteiger partial charge >= 0.3 is 0 Å². The zero-order valence-corrected chi connectivity index (χ0v) is 12.6. The number of hydrogen-bond acceptors (Lipinski definition) is 4. The van der Waals surface area contributed by atoms with Gasteiger partial charge in [0.25, 0.3) is 0 Å². The number of nitrogens with two attached hydrogens (primary N) is 1. The summed E-state index contributed by atoms with van der Waals surface area (Å²) >= 11 is 0. The number of ether oxygens (including phenoxy) is 1. The van der Waals surface area contributed by atoms with Crippen LogP contribution in [-0.4, -0.2) is 68.3 Å². The van der Waals surface area contributed by atoms with Crippen LogP contribution in [0.25, 0.3) is 0 Å². The number of hydrogen-bond donors (Lipinski definition) is 1. The molecular weight excluding hydrogens is 226 g/mol. The highest BCUT2D eigenvalue weighted by atomic mass is 16.5. The van der Waals surface area contributed by atoms with Crippen LogP contribution in [0.3, 0.4) is 0 Å². The molecule has 2 unspecified atom stereocenters. The maximum absolute atomic E-state index is 6.08. The van der Waals surface area contributed by atoms with Crippen LogP contribution in [0.4, 0.5) is 0 Å². The first-order valence-electron chi connectivity index (χ1n) is 7.31. The molecule has 0 radical (unpaired) electrons. The summed E-state index contributed by atoms with van der Waals surface area (Å²) in [5.41, 5.74) is 6.08. The molecule has 0 aromatic heterocycles. The van der Waals surface area contributed by atoms with Crippen molar-refractivity contribution >= 4 is 0 Å². The van der Waals surface area contributed by atoms with Crippen LogP contribution >= 0.6 is 0 Å². The van der Waals surface area contributed by atoms with Gasteiger partial charge in [-0.1, -0.05) is 20.8 Å². The van der Waals surface area contributed by atoms with Gasteiger partial charge in [0.05, 0.1) is 12.7 Å². The van der Waals surface area contributed by atoms with Crippen LogP contribution in [-0.2, 0) is 4.74 Å². The Labute approximate surface area is 112 Å². The molecule has 1 heterocycles. The first kappa shape index (κ1) is 15.9. The molecule has 0 saturated carbocycles. The molecule has 2 atom stereocenters. The lowest BCUT2D eigenvalue weighted by Gasteiger charge is -2.34. The summed E-state index contributed by atoms with van der Waals surface area (Å²) in [4.78, 5) is 4.81. The second kappa shape index (κ2) is 8.10. The number of morpholine rings is 1. The summed E-state index contributed by atoms with van der Waals surface area (Å²) in [7, 11) is 2.17. The molecule has 0 aromatic carbocycles. The van der Waals surface area contributed by atoms with E-state index in [0.29, 0.717) is 18.1 Å². The monoisotopic (exact) mass is 257 g/mol. The molecule has 0 amide bonds. The standard InChI is InChI=1S/C14H31N3O/c1-5-17-8-9-18-13(11-17)10-16(4)7-6-14(15)12(2)3/h12-14H,5-11,15H2,1-4H3. The van der Waals surface area contributed by atoms with Crippen LogP contribution in [0.15, 0.2) is 0 Å². The molecule has 4 heteroatoms. The number of rotatable bonds is 7. The third-order valence-electron chi connectivity index (χ3n) is 3.89. The molecule has 1 fully saturated rings. The second-order valence-corrected chi connectivity index (χ2v) is 5.84. The molecule has 1 aliphatic rings. The fraction of sp³-hybridized carbons (Fsp3) is 1.00. The molecule has 1 saturated heterocycles. The van der Waals surface area contributed by atoms with Gasteiger partial charge in [-0.05, 0) is 32.5 Å². The first-order valence-corrected chi connectivity index (χ1v) is 7.31. The summed E-state index contributed by atoms with van der Waals surface area (Å²) < 4.78 is 5.82. The van der Waals surface area contributed by atoms with Crippen LogP contribution < -0.4 is 5.73 Å². The number of nitrogens with zero attached hydrogens (tertiary/aromatic N) is 2. The molecular formula is C14H31N3O. The zero-order chi connectivity index (χ0) is 13.5. The van der Waals surface area contributed by atoms with Gasteiger partial charge in [0.1, 0.15) is 0 Å². The van der Waals surface area contributed by atoms with E-state index in [1.807, 2.05) is 0 Å². The molecule has 0 aromatic rings. The zero-order valence-electron chi connectivity index (χ0n) is 12.6. The average Bonchev–Trinajstić information content (AvgIpc) is 2.36. The van der Waals surface area contributed by atoms with Gasteiger partial charge in [-0.25, -0.2) is 0 Å². The summed E-state index contributed by atoms with van der Waals surface area (Å²) in [6.45, 7) is 12.8. The predicted molar refractivity (Wildman–Crippen MR) is 76.8 cm³/mol. The third-order valence-corrected chi connectivity index (χ3v) is 3.89. The normalized spacial score (nSPS) is 23.8. The Balaban J connectivity index is 2.20. The van der Waals surface area contributed by atoms with Gasteiger partial charge in [-0.15, -0.1) is 0 Å². The van der Waals surface area contributed by atoms with Crippen LogP contribution in [0, 0.1) is 5.92 Å². The van der Waals surface area contributed by atoms with Crippen molar-refractivity contribution in [2.75, 3.05) is 46.4 Å². The van der Waals surface area contributed by atoms with Gasteiger partial charge in [-0.3, -0.25) is 4.90 Å². The Morgan fingerprint density at radius 3 is 2.78 bits per heavy atom. The van der Waals surface area contributed by atoms with Crippen molar-refractivity contribution in [2.45, 2.75) is 39.3 Å². The lowest BCUT2D eigenvalue weighted by atomic mass is 10.0. The quantitative estimate of drug-likeness (QED) is 0.739. The van der Waals surface area contributed by atoms with Crippen LogP contribution in [0.2, 0.25) is 0 Å². The molecule has 0 aliphatic carbocycles. The second-order valence-electron chi connectivity index (χ2n) is 5.84. The molecule has 108 valence electrons.